The maximum atomic E-state index is 12.2. The predicted octanol–water partition coefficient (Wildman–Crippen LogP) is 0.907. The molecule has 3 heterocycles. The highest BCUT2D eigenvalue weighted by Crippen LogP contribution is 2.28. The molecule has 1 aliphatic rings. The molecule has 0 unspecified atom stereocenters. The first kappa shape index (κ1) is 14.4. The van der Waals surface area contributed by atoms with Crippen LogP contribution in [-0.4, -0.2) is 35.1 Å². The molecule has 0 aliphatic carbocycles. The van der Waals surface area contributed by atoms with Gasteiger partial charge in [-0.3, -0.25) is 0 Å². The van der Waals surface area contributed by atoms with Crippen LogP contribution in [0.4, 0.5) is 0 Å². The molecule has 4 rings (SSSR count). The summed E-state index contributed by atoms with van der Waals surface area (Å²) in [4.78, 5) is 4.51. The molecular formula is C15H16N4O3S. The van der Waals surface area contributed by atoms with Crippen molar-refractivity contribution in [3.63, 3.8) is 0 Å². The van der Waals surface area contributed by atoms with E-state index in [4.69, 9.17) is 0 Å². The molecule has 0 saturated carbocycles. The molecule has 0 bridgehead atoms. The highest BCUT2D eigenvalue weighted by Gasteiger charge is 2.28. The Morgan fingerprint density at radius 3 is 2.83 bits per heavy atom. The lowest BCUT2D eigenvalue weighted by molar-refractivity contribution is -0.575. The average Bonchev–Trinajstić information content (AvgIpc) is 2.83. The Kier molecular flexibility index (Phi) is 2.91. The Labute approximate surface area is 133 Å². The normalized spacial score (nSPS) is 16.1. The monoisotopic (exact) mass is 332 g/mol. The van der Waals surface area contributed by atoms with Crippen molar-refractivity contribution in [2.75, 3.05) is 12.8 Å². The summed E-state index contributed by atoms with van der Waals surface area (Å²) in [6.45, 7) is 3.15. The molecule has 8 heteroatoms. The molecule has 3 aromatic rings. The van der Waals surface area contributed by atoms with Crippen LogP contribution in [0, 0.1) is 12.1 Å². The van der Waals surface area contributed by atoms with E-state index in [1.807, 2.05) is 23.6 Å². The van der Waals surface area contributed by atoms with Crippen LogP contribution in [-0.2, 0) is 23.1 Å². The van der Waals surface area contributed by atoms with E-state index >= 15 is 0 Å². The van der Waals surface area contributed by atoms with Gasteiger partial charge in [-0.15, -0.1) is 0 Å². The highest BCUT2D eigenvalue weighted by atomic mass is 32.2. The van der Waals surface area contributed by atoms with Gasteiger partial charge in [0.05, 0.1) is 23.7 Å². The zero-order chi connectivity index (χ0) is 16.4. The van der Waals surface area contributed by atoms with Crippen molar-refractivity contribution in [1.29, 1.82) is 0 Å². The van der Waals surface area contributed by atoms with Gasteiger partial charge in [-0.2, -0.15) is 9.04 Å². The topological polar surface area (TPSA) is 82.1 Å². The average molecular weight is 332 g/mol. The van der Waals surface area contributed by atoms with E-state index in [0.29, 0.717) is 29.9 Å². The van der Waals surface area contributed by atoms with Crippen molar-refractivity contribution in [2.45, 2.75) is 20.0 Å². The minimum absolute atomic E-state index is 0.236. The van der Waals surface area contributed by atoms with Crippen LogP contribution in [0.5, 0.6) is 0 Å². The summed E-state index contributed by atoms with van der Waals surface area (Å²) in [6, 6.07) is 5.62. The zero-order valence-electron chi connectivity index (χ0n) is 12.9. The van der Waals surface area contributed by atoms with Crippen molar-refractivity contribution >= 4 is 32.0 Å². The molecule has 120 valence electrons. The smallest absolute Gasteiger partial charge is 0.226 e. The summed E-state index contributed by atoms with van der Waals surface area (Å²) < 4.78 is 27.8. The quantitative estimate of drug-likeness (QED) is 0.490. The van der Waals surface area contributed by atoms with Crippen LogP contribution in [0.15, 0.2) is 24.4 Å². The summed E-state index contributed by atoms with van der Waals surface area (Å²) >= 11 is 0. The first-order valence-corrected chi connectivity index (χ1v) is 9.17. The Morgan fingerprint density at radius 2 is 2.09 bits per heavy atom. The fourth-order valence-corrected chi connectivity index (χ4v) is 4.05. The van der Waals surface area contributed by atoms with E-state index in [9.17, 15) is 13.6 Å². The third-order valence-corrected chi connectivity index (χ3v) is 5.65. The van der Waals surface area contributed by atoms with E-state index in [1.165, 1.54) is 16.8 Å². The van der Waals surface area contributed by atoms with Gasteiger partial charge in [-0.05, 0) is 12.5 Å². The van der Waals surface area contributed by atoms with Gasteiger partial charge in [0, 0.05) is 19.2 Å². The largest absolute Gasteiger partial charge is 0.618 e. The van der Waals surface area contributed by atoms with E-state index in [0.717, 1.165) is 21.2 Å². The molecule has 0 spiro atoms. The lowest BCUT2D eigenvalue weighted by Gasteiger charge is -2.25. The third kappa shape index (κ3) is 2.09. The molecule has 0 fully saturated rings. The zero-order valence-corrected chi connectivity index (χ0v) is 13.7. The number of hydrogen-bond acceptors (Lipinski definition) is 4. The number of fused-ring (bicyclic) bond motifs is 5. The predicted molar refractivity (Wildman–Crippen MR) is 86.2 cm³/mol. The van der Waals surface area contributed by atoms with Crippen LogP contribution in [0.2, 0.25) is 0 Å². The standard InChI is InChI=1S/C15H16N4O3S/c1-10-4-3-5-12-14(10)15-11(8-19(12)20)16-13-9-17(23(2,21)22)6-7-18(13)15/h3-5,8H,6-7,9H2,1-2H3. The summed E-state index contributed by atoms with van der Waals surface area (Å²) in [5.74, 6) is 0.674. The fourth-order valence-electron chi connectivity index (χ4n) is 3.29. The maximum absolute atomic E-state index is 12.2. The number of nitrogens with zero attached hydrogens (tertiary/aromatic N) is 4. The highest BCUT2D eigenvalue weighted by molar-refractivity contribution is 7.88. The Morgan fingerprint density at radius 1 is 1.30 bits per heavy atom. The number of aryl methyl sites for hydroxylation is 1. The molecular weight excluding hydrogens is 316 g/mol. The summed E-state index contributed by atoms with van der Waals surface area (Å²) in [7, 11) is -3.25. The van der Waals surface area contributed by atoms with Crippen LogP contribution < -0.4 is 4.73 Å². The second kappa shape index (κ2) is 4.65. The fraction of sp³-hybridized carbons (Fsp3) is 0.333. The van der Waals surface area contributed by atoms with E-state index in [-0.39, 0.29) is 6.54 Å². The first-order chi connectivity index (χ1) is 10.9. The van der Waals surface area contributed by atoms with Gasteiger partial charge in [-0.25, -0.2) is 13.4 Å². The van der Waals surface area contributed by atoms with Crippen molar-refractivity contribution in [2.24, 2.45) is 0 Å². The lowest BCUT2D eigenvalue weighted by atomic mass is 10.1. The number of aromatic nitrogens is 3. The Hall–Kier alpha value is -2.19. The Bertz CT molecular complexity index is 1060. The van der Waals surface area contributed by atoms with Crippen LogP contribution >= 0.6 is 0 Å². The van der Waals surface area contributed by atoms with Crippen molar-refractivity contribution in [3.05, 3.63) is 41.0 Å². The molecule has 23 heavy (non-hydrogen) atoms. The molecule has 1 aromatic carbocycles. The van der Waals surface area contributed by atoms with Crippen LogP contribution in [0.25, 0.3) is 21.9 Å². The molecule has 0 saturated heterocycles. The molecule has 2 aromatic heterocycles. The number of rotatable bonds is 1. The molecule has 1 aliphatic heterocycles. The number of sulfonamides is 1. The van der Waals surface area contributed by atoms with Gasteiger partial charge < -0.3 is 9.77 Å². The van der Waals surface area contributed by atoms with Crippen LogP contribution in [0.3, 0.4) is 0 Å². The minimum Gasteiger partial charge on any atom is -0.618 e. The maximum Gasteiger partial charge on any atom is 0.226 e. The SMILES string of the molecule is Cc1cccc2c1c1c(c[n+]2[O-])nc2n1CCN(S(C)(=O)=O)C2. The van der Waals surface area contributed by atoms with Crippen molar-refractivity contribution < 1.29 is 13.1 Å². The first-order valence-electron chi connectivity index (χ1n) is 7.32. The van der Waals surface area contributed by atoms with E-state index in [2.05, 4.69) is 4.98 Å². The third-order valence-electron chi connectivity index (χ3n) is 4.40. The van der Waals surface area contributed by atoms with Gasteiger partial charge in [0.25, 0.3) is 0 Å². The lowest BCUT2D eigenvalue weighted by Crippen LogP contribution is -2.37. The van der Waals surface area contributed by atoms with E-state index < -0.39 is 10.0 Å². The number of pyridine rings is 1. The summed E-state index contributed by atoms with van der Waals surface area (Å²) in [6.07, 6.45) is 2.67. The molecule has 0 atom stereocenters. The summed E-state index contributed by atoms with van der Waals surface area (Å²) in [5, 5.41) is 13.1. The minimum atomic E-state index is -3.25. The van der Waals surface area contributed by atoms with E-state index in [1.54, 1.807) is 6.07 Å². The van der Waals surface area contributed by atoms with Gasteiger partial charge >= 0.3 is 0 Å². The molecule has 0 radical (unpaired) electrons. The van der Waals surface area contributed by atoms with Gasteiger partial charge in [0.15, 0.2) is 5.52 Å². The number of hydrogen-bond donors (Lipinski definition) is 0. The molecule has 0 N–H and O–H groups in total. The van der Waals surface area contributed by atoms with Gasteiger partial charge in [-0.1, -0.05) is 12.1 Å². The second-order valence-corrected chi connectivity index (χ2v) is 7.92. The number of benzene rings is 1. The second-order valence-electron chi connectivity index (χ2n) is 5.93. The molecule has 0 amide bonds. The van der Waals surface area contributed by atoms with Crippen molar-refractivity contribution in [3.8, 4) is 0 Å². The van der Waals surface area contributed by atoms with Gasteiger partial charge in [0.2, 0.25) is 21.7 Å². The van der Waals surface area contributed by atoms with Crippen LogP contribution in [0.1, 0.15) is 11.4 Å². The number of imidazole rings is 1. The summed E-state index contributed by atoms with van der Waals surface area (Å²) in [5.41, 5.74) is 3.12. The van der Waals surface area contributed by atoms with Crippen molar-refractivity contribution in [1.82, 2.24) is 13.9 Å². The van der Waals surface area contributed by atoms with Gasteiger partial charge in [0.1, 0.15) is 5.82 Å². The Balaban J connectivity index is 2.03. The molecule has 7 nitrogen and oxygen atoms in total.